The molecule has 34 heavy (non-hydrogen) atoms. The first-order chi connectivity index (χ1) is 16.4. The van der Waals surface area contributed by atoms with E-state index in [4.69, 9.17) is 16.6 Å². The highest BCUT2D eigenvalue weighted by molar-refractivity contribution is 6.32. The van der Waals surface area contributed by atoms with E-state index >= 15 is 0 Å². The van der Waals surface area contributed by atoms with Gasteiger partial charge in [0, 0.05) is 49.9 Å². The zero-order chi connectivity index (χ0) is 24.2. The fourth-order valence-corrected chi connectivity index (χ4v) is 4.37. The van der Waals surface area contributed by atoms with Crippen LogP contribution in [0.4, 0.5) is 17.5 Å². The summed E-state index contributed by atoms with van der Waals surface area (Å²) in [7, 11) is 3.25. The number of aryl methyl sites for hydroxylation is 1. The number of likely N-dealkylation sites (N-methyl/N-ethyl adjacent to an activating group) is 1. The zero-order valence-corrected chi connectivity index (χ0v) is 20.4. The van der Waals surface area contributed by atoms with Crippen molar-refractivity contribution in [1.82, 2.24) is 19.9 Å². The summed E-state index contributed by atoms with van der Waals surface area (Å²) in [5, 5.41) is 7.08. The summed E-state index contributed by atoms with van der Waals surface area (Å²) >= 11 is 6.41. The molecular formula is C25H29ClN6O2. The minimum atomic E-state index is -0.273. The molecule has 0 bridgehead atoms. The maximum Gasteiger partial charge on any atom is 0.258 e. The number of hydrogen-bond acceptors (Lipinski definition) is 6. The molecule has 3 aromatic rings. The van der Waals surface area contributed by atoms with Gasteiger partial charge in [0.25, 0.3) is 5.56 Å². The summed E-state index contributed by atoms with van der Waals surface area (Å²) in [6, 6.07) is 7.45. The van der Waals surface area contributed by atoms with Crippen LogP contribution in [0.15, 0.2) is 41.3 Å². The van der Waals surface area contributed by atoms with Crippen LogP contribution in [-0.4, -0.2) is 40.6 Å². The number of carbonyl (C=O) groups is 1. The molecule has 1 aliphatic heterocycles. The third kappa shape index (κ3) is 5.07. The largest absolute Gasteiger partial charge is 0.356 e. The molecule has 1 fully saturated rings. The zero-order valence-electron chi connectivity index (χ0n) is 19.6. The van der Waals surface area contributed by atoms with Gasteiger partial charge in [0.15, 0.2) is 5.82 Å². The number of benzene rings is 1. The van der Waals surface area contributed by atoms with E-state index in [1.807, 2.05) is 18.2 Å². The smallest absolute Gasteiger partial charge is 0.258 e. The Hall–Kier alpha value is -3.39. The first-order valence-electron chi connectivity index (χ1n) is 11.5. The van der Waals surface area contributed by atoms with E-state index in [0.717, 1.165) is 48.4 Å². The van der Waals surface area contributed by atoms with E-state index in [-0.39, 0.29) is 11.5 Å². The summed E-state index contributed by atoms with van der Waals surface area (Å²) in [6.07, 6.45) is 7.99. The molecule has 2 aromatic heterocycles. The maximum atomic E-state index is 12.7. The minimum Gasteiger partial charge on any atom is -0.356 e. The van der Waals surface area contributed by atoms with Crippen LogP contribution in [0.25, 0.3) is 17.0 Å². The molecule has 0 radical (unpaired) electrons. The molecule has 178 valence electrons. The first kappa shape index (κ1) is 23.8. The highest BCUT2D eigenvalue weighted by Gasteiger charge is 2.20. The van der Waals surface area contributed by atoms with Crippen molar-refractivity contribution in [1.29, 1.82) is 0 Å². The lowest BCUT2D eigenvalue weighted by molar-refractivity contribution is -0.115. The fourth-order valence-electron chi connectivity index (χ4n) is 4.23. The Morgan fingerprint density at radius 2 is 2.03 bits per heavy atom. The van der Waals surface area contributed by atoms with E-state index in [1.165, 1.54) is 18.6 Å². The molecule has 2 N–H and O–H groups in total. The van der Waals surface area contributed by atoms with Crippen LogP contribution in [0.5, 0.6) is 0 Å². The number of halogens is 1. The van der Waals surface area contributed by atoms with Crippen molar-refractivity contribution < 1.29 is 4.79 Å². The third-order valence-corrected chi connectivity index (χ3v) is 6.66. The predicted octanol–water partition coefficient (Wildman–Crippen LogP) is 4.11. The van der Waals surface area contributed by atoms with Crippen molar-refractivity contribution in [3.63, 3.8) is 0 Å². The number of nitrogens with one attached hydrogen (secondary N) is 2. The fraction of sp³-hybridized carbons (Fsp3) is 0.360. The quantitative estimate of drug-likeness (QED) is 0.516. The Morgan fingerprint density at radius 1 is 1.26 bits per heavy atom. The monoisotopic (exact) mass is 480 g/mol. The van der Waals surface area contributed by atoms with Gasteiger partial charge in [0.2, 0.25) is 11.9 Å². The number of fused-ring (bicyclic) bond motifs is 1. The van der Waals surface area contributed by atoms with Crippen LogP contribution in [0.2, 0.25) is 5.02 Å². The molecule has 1 saturated heterocycles. The van der Waals surface area contributed by atoms with E-state index in [1.54, 1.807) is 30.9 Å². The van der Waals surface area contributed by atoms with E-state index in [2.05, 4.69) is 27.4 Å². The molecule has 1 amide bonds. The van der Waals surface area contributed by atoms with Gasteiger partial charge in [0.05, 0.1) is 11.7 Å². The van der Waals surface area contributed by atoms with Crippen LogP contribution in [-0.2, 0) is 11.8 Å². The van der Waals surface area contributed by atoms with Crippen LogP contribution in [0.3, 0.4) is 0 Å². The molecule has 0 saturated carbocycles. The summed E-state index contributed by atoms with van der Waals surface area (Å²) in [5.74, 6) is 1.70. The summed E-state index contributed by atoms with van der Waals surface area (Å²) in [6.45, 7) is 4.12. The number of anilines is 3. The Balaban J connectivity index is 1.62. The van der Waals surface area contributed by atoms with Crippen LogP contribution >= 0.6 is 11.6 Å². The van der Waals surface area contributed by atoms with Gasteiger partial charge in [-0.1, -0.05) is 24.9 Å². The SMILES string of the molecule is CCC1CCN(c2ncc(Cl)c(Nc3ccc4c(c3)cc(/C=C/C(=O)NC)c(=O)n4C)n2)CC1. The standard InChI is InChI=1S/C25H29ClN6O2/c1-4-16-9-11-32(12-10-16)25-28-15-20(26)23(30-25)29-19-6-7-21-18(14-19)13-17(24(34)31(21)3)5-8-22(33)27-2/h5-8,13-16H,4,9-12H2,1-3H3,(H,27,33)(H,28,29,30)/b8-5+. The van der Waals surface area contributed by atoms with Crippen LogP contribution in [0.1, 0.15) is 31.7 Å². The lowest BCUT2D eigenvalue weighted by Crippen LogP contribution is -2.34. The number of hydrogen-bond donors (Lipinski definition) is 2. The Bertz CT molecular complexity index is 1290. The predicted molar refractivity (Wildman–Crippen MR) is 138 cm³/mol. The second-order valence-electron chi connectivity index (χ2n) is 8.52. The van der Waals surface area contributed by atoms with E-state index < -0.39 is 0 Å². The highest BCUT2D eigenvalue weighted by atomic mass is 35.5. The van der Waals surface area contributed by atoms with Gasteiger partial charge in [-0.3, -0.25) is 9.59 Å². The topological polar surface area (TPSA) is 92.2 Å². The molecule has 0 atom stereocenters. The maximum absolute atomic E-state index is 12.7. The molecule has 1 aliphatic rings. The van der Waals surface area contributed by atoms with Crippen molar-refractivity contribution in [3.05, 3.63) is 57.5 Å². The van der Waals surface area contributed by atoms with E-state index in [0.29, 0.717) is 22.4 Å². The molecule has 0 spiro atoms. The Labute approximate surface area is 203 Å². The van der Waals surface area contributed by atoms with Crippen molar-refractivity contribution >= 4 is 51.9 Å². The number of piperidine rings is 1. The van der Waals surface area contributed by atoms with Gasteiger partial charge in [-0.2, -0.15) is 4.98 Å². The lowest BCUT2D eigenvalue weighted by Gasteiger charge is -2.31. The summed E-state index contributed by atoms with van der Waals surface area (Å²) < 4.78 is 1.57. The molecule has 0 aliphatic carbocycles. The number of pyridine rings is 1. The van der Waals surface area contributed by atoms with Crippen molar-refractivity contribution in [2.24, 2.45) is 13.0 Å². The van der Waals surface area contributed by atoms with Crippen molar-refractivity contribution in [3.8, 4) is 0 Å². The average molecular weight is 481 g/mol. The van der Waals surface area contributed by atoms with E-state index in [9.17, 15) is 9.59 Å². The second-order valence-corrected chi connectivity index (χ2v) is 8.92. The molecule has 9 heteroatoms. The van der Waals surface area contributed by atoms with Crippen LogP contribution in [0, 0.1) is 5.92 Å². The summed E-state index contributed by atoms with van der Waals surface area (Å²) in [5.41, 5.74) is 1.81. The number of nitrogens with zero attached hydrogens (tertiary/aromatic N) is 4. The van der Waals surface area contributed by atoms with Crippen LogP contribution < -0.4 is 21.1 Å². The number of rotatable bonds is 6. The Kier molecular flexibility index (Phi) is 7.17. The Morgan fingerprint density at radius 3 is 2.74 bits per heavy atom. The molecule has 4 rings (SSSR count). The molecule has 8 nitrogen and oxygen atoms in total. The minimum absolute atomic E-state index is 0.177. The highest BCUT2D eigenvalue weighted by Crippen LogP contribution is 2.29. The number of aromatic nitrogens is 3. The normalized spacial score (nSPS) is 14.6. The molecule has 3 heterocycles. The van der Waals surface area contributed by atoms with Gasteiger partial charge in [0.1, 0.15) is 5.02 Å². The molecular weight excluding hydrogens is 452 g/mol. The first-order valence-corrected chi connectivity index (χ1v) is 11.9. The van der Waals surface area contributed by atoms with Crippen molar-refractivity contribution in [2.75, 3.05) is 30.4 Å². The van der Waals surface area contributed by atoms with Crippen molar-refractivity contribution in [2.45, 2.75) is 26.2 Å². The molecule has 0 unspecified atom stereocenters. The van der Waals surface area contributed by atoms with Gasteiger partial charge < -0.3 is 20.1 Å². The van der Waals surface area contributed by atoms with Gasteiger partial charge in [-0.05, 0) is 49.1 Å². The number of carbonyl (C=O) groups excluding carboxylic acids is 1. The van der Waals surface area contributed by atoms with Gasteiger partial charge in [-0.25, -0.2) is 4.98 Å². The molecule has 1 aromatic carbocycles. The second kappa shape index (κ2) is 10.3. The van der Waals surface area contributed by atoms with Gasteiger partial charge >= 0.3 is 0 Å². The van der Waals surface area contributed by atoms with Gasteiger partial charge in [-0.15, -0.1) is 0 Å². The lowest BCUT2D eigenvalue weighted by atomic mass is 9.95. The number of amides is 1. The average Bonchev–Trinajstić information content (AvgIpc) is 2.86. The third-order valence-electron chi connectivity index (χ3n) is 6.38. The summed E-state index contributed by atoms with van der Waals surface area (Å²) in [4.78, 5) is 35.6.